The number of rotatable bonds is 4. The maximum absolute atomic E-state index is 13.9. The van der Waals surface area contributed by atoms with E-state index in [1.165, 1.54) is 24.3 Å². The Bertz CT molecular complexity index is 583. The number of carboxylic acid groups (broad SMARTS) is 1. The molecule has 0 spiro atoms. The molecular formula is C16H18FNO3. The minimum Gasteiger partial charge on any atom is -0.478 e. The number of nitrogens with zero attached hydrogens (tertiary/aromatic N) is 1. The van der Waals surface area contributed by atoms with Gasteiger partial charge in [0.1, 0.15) is 5.82 Å². The van der Waals surface area contributed by atoms with Crippen molar-refractivity contribution in [1.82, 2.24) is 4.90 Å². The molecule has 5 heteroatoms. The molecule has 1 unspecified atom stereocenters. The lowest BCUT2D eigenvalue weighted by atomic mass is 10.1. The fourth-order valence-corrected chi connectivity index (χ4v) is 2.50. The van der Waals surface area contributed by atoms with Gasteiger partial charge < -0.3 is 10.0 Å². The molecular weight excluding hydrogens is 273 g/mol. The van der Waals surface area contributed by atoms with Gasteiger partial charge in [-0.05, 0) is 36.1 Å². The van der Waals surface area contributed by atoms with E-state index in [0.29, 0.717) is 24.6 Å². The number of carbonyl (C=O) groups is 2. The number of hydrogen-bond donors (Lipinski definition) is 1. The highest BCUT2D eigenvalue weighted by Gasteiger charge is 2.27. The summed E-state index contributed by atoms with van der Waals surface area (Å²) in [6.07, 6.45) is 4.26. The molecule has 0 saturated carbocycles. The smallest absolute Gasteiger partial charge is 0.328 e. The minimum absolute atomic E-state index is 0.000656. The molecule has 0 aromatic heterocycles. The van der Waals surface area contributed by atoms with Gasteiger partial charge in [-0.3, -0.25) is 4.79 Å². The summed E-state index contributed by atoms with van der Waals surface area (Å²) in [5.41, 5.74) is 0.493. The van der Waals surface area contributed by atoms with Crippen LogP contribution >= 0.6 is 0 Å². The van der Waals surface area contributed by atoms with Gasteiger partial charge in [-0.25, -0.2) is 9.18 Å². The van der Waals surface area contributed by atoms with E-state index >= 15 is 0 Å². The second kappa shape index (κ2) is 6.52. The summed E-state index contributed by atoms with van der Waals surface area (Å²) in [4.78, 5) is 24.5. The summed E-state index contributed by atoms with van der Waals surface area (Å²) >= 11 is 0. The van der Waals surface area contributed by atoms with E-state index in [-0.39, 0.29) is 11.5 Å². The Morgan fingerprint density at radius 2 is 2.24 bits per heavy atom. The molecule has 1 N–H and O–H groups in total. The molecule has 1 atom stereocenters. The van der Waals surface area contributed by atoms with E-state index < -0.39 is 11.8 Å². The van der Waals surface area contributed by atoms with Crippen LogP contribution in [0.15, 0.2) is 24.3 Å². The number of aliphatic carboxylic acids is 1. The third-order valence-electron chi connectivity index (χ3n) is 3.79. The molecule has 21 heavy (non-hydrogen) atoms. The first-order valence-electron chi connectivity index (χ1n) is 7.01. The van der Waals surface area contributed by atoms with E-state index in [1.54, 1.807) is 4.90 Å². The van der Waals surface area contributed by atoms with E-state index in [4.69, 9.17) is 5.11 Å². The number of carbonyl (C=O) groups excluding carboxylic acids is 1. The van der Waals surface area contributed by atoms with Gasteiger partial charge in [0.05, 0.1) is 5.56 Å². The highest BCUT2D eigenvalue weighted by atomic mass is 19.1. The van der Waals surface area contributed by atoms with Crippen molar-refractivity contribution in [1.29, 1.82) is 0 Å². The van der Waals surface area contributed by atoms with E-state index in [1.807, 2.05) is 0 Å². The lowest BCUT2D eigenvalue weighted by molar-refractivity contribution is -0.131. The van der Waals surface area contributed by atoms with Crippen molar-refractivity contribution >= 4 is 18.0 Å². The van der Waals surface area contributed by atoms with Crippen LogP contribution in [0.3, 0.4) is 0 Å². The lowest BCUT2D eigenvalue weighted by Gasteiger charge is -2.17. The zero-order valence-corrected chi connectivity index (χ0v) is 11.9. The summed E-state index contributed by atoms with van der Waals surface area (Å²) in [6.45, 7) is 3.38. The Hall–Kier alpha value is -2.17. The van der Waals surface area contributed by atoms with Crippen LogP contribution < -0.4 is 0 Å². The molecule has 4 nitrogen and oxygen atoms in total. The summed E-state index contributed by atoms with van der Waals surface area (Å²) in [6, 6.07) is 4.04. The van der Waals surface area contributed by atoms with Crippen molar-refractivity contribution < 1.29 is 19.1 Å². The second-order valence-corrected chi connectivity index (χ2v) is 5.22. The van der Waals surface area contributed by atoms with Crippen LogP contribution in [0.4, 0.5) is 4.39 Å². The third kappa shape index (κ3) is 3.68. The van der Waals surface area contributed by atoms with Crippen molar-refractivity contribution in [2.24, 2.45) is 5.92 Å². The van der Waals surface area contributed by atoms with E-state index in [0.717, 1.165) is 18.9 Å². The molecule has 0 bridgehead atoms. The maximum atomic E-state index is 13.9. The van der Waals surface area contributed by atoms with E-state index in [9.17, 15) is 14.0 Å². The average molecular weight is 291 g/mol. The van der Waals surface area contributed by atoms with Gasteiger partial charge in [0, 0.05) is 19.2 Å². The van der Waals surface area contributed by atoms with Gasteiger partial charge in [0.2, 0.25) is 0 Å². The Balaban J connectivity index is 2.20. The molecule has 1 saturated heterocycles. The predicted octanol–water partition coefficient (Wildman–Crippen LogP) is 2.80. The second-order valence-electron chi connectivity index (χ2n) is 5.22. The predicted molar refractivity (Wildman–Crippen MR) is 77.4 cm³/mol. The van der Waals surface area contributed by atoms with Gasteiger partial charge in [-0.1, -0.05) is 19.4 Å². The normalized spacial score (nSPS) is 18.4. The van der Waals surface area contributed by atoms with Crippen LogP contribution in [-0.2, 0) is 4.79 Å². The number of likely N-dealkylation sites (tertiary alicyclic amines) is 1. The topological polar surface area (TPSA) is 57.6 Å². The Kier molecular flexibility index (Phi) is 4.73. The summed E-state index contributed by atoms with van der Waals surface area (Å²) < 4.78 is 13.9. The van der Waals surface area contributed by atoms with Gasteiger partial charge in [0.25, 0.3) is 5.91 Å². The number of hydrogen-bond acceptors (Lipinski definition) is 2. The SMILES string of the molecule is CCC1CCN(C(=O)c2cc(/C=C/C(=O)O)ccc2F)C1. The van der Waals surface area contributed by atoms with Crippen LogP contribution in [0.25, 0.3) is 6.08 Å². The molecule has 1 heterocycles. The summed E-state index contributed by atoms with van der Waals surface area (Å²) in [7, 11) is 0. The largest absolute Gasteiger partial charge is 0.478 e. The van der Waals surface area contributed by atoms with Crippen molar-refractivity contribution in [3.8, 4) is 0 Å². The average Bonchev–Trinajstić information content (AvgIpc) is 2.94. The fourth-order valence-electron chi connectivity index (χ4n) is 2.50. The highest BCUT2D eigenvalue weighted by Crippen LogP contribution is 2.22. The Morgan fingerprint density at radius 3 is 2.86 bits per heavy atom. The zero-order chi connectivity index (χ0) is 15.4. The molecule has 0 radical (unpaired) electrons. The van der Waals surface area contributed by atoms with Crippen molar-refractivity contribution in [3.63, 3.8) is 0 Å². The third-order valence-corrected chi connectivity index (χ3v) is 3.79. The van der Waals surface area contributed by atoms with Gasteiger partial charge in [-0.15, -0.1) is 0 Å². The lowest BCUT2D eigenvalue weighted by Crippen LogP contribution is -2.29. The maximum Gasteiger partial charge on any atom is 0.328 e. The van der Waals surface area contributed by atoms with Gasteiger partial charge >= 0.3 is 5.97 Å². The zero-order valence-electron chi connectivity index (χ0n) is 11.9. The molecule has 0 aliphatic carbocycles. The molecule has 112 valence electrons. The van der Waals surface area contributed by atoms with Gasteiger partial charge in [0.15, 0.2) is 0 Å². The molecule has 1 aliphatic rings. The molecule has 1 aliphatic heterocycles. The first kappa shape index (κ1) is 15.2. The van der Waals surface area contributed by atoms with Crippen molar-refractivity contribution in [2.45, 2.75) is 19.8 Å². The van der Waals surface area contributed by atoms with Crippen LogP contribution in [0.5, 0.6) is 0 Å². The number of benzene rings is 1. The van der Waals surface area contributed by atoms with E-state index in [2.05, 4.69) is 6.92 Å². The Labute approximate surface area is 122 Å². The number of amides is 1. The quantitative estimate of drug-likeness (QED) is 0.868. The van der Waals surface area contributed by atoms with Crippen LogP contribution in [0.1, 0.15) is 35.7 Å². The number of halogens is 1. The van der Waals surface area contributed by atoms with Crippen molar-refractivity contribution in [2.75, 3.05) is 13.1 Å². The fraction of sp³-hybridized carbons (Fsp3) is 0.375. The first-order chi connectivity index (χ1) is 10.0. The first-order valence-corrected chi connectivity index (χ1v) is 7.01. The molecule has 1 amide bonds. The highest BCUT2D eigenvalue weighted by molar-refractivity contribution is 5.95. The standard InChI is InChI=1S/C16H18FNO3/c1-2-11-7-8-18(10-11)16(21)13-9-12(3-5-14(13)17)4-6-15(19)20/h3-6,9,11H,2,7-8,10H2,1H3,(H,19,20)/b6-4+. The molecule has 1 fully saturated rings. The van der Waals surface area contributed by atoms with Crippen LogP contribution in [0, 0.1) is 11.7 Å². The molecule has 1 aromatic rings. The number of carboxylic acids is 1. The minimum atomic E-state index is -1.09. The monoisotopic (exact) mass is 291 g/mol. The van der Waals surface area contributed by atoms with Gasteiger partial charge in [-0.2, -0.15) is 0 Å². The summed E-state index contributed by atoms with van der Waals surface area (Å²) in [5, 5.41) is 8.60. The summed E-state index contributed by atoms with van der Waals surface area (Å²) in [5.74, 6) is -1.51. The van der Waals surface area contributed by atoms with Crippen LogP contribution in [-0.4, -0.2) is 35.0 Å². The molecule has 1 aromatic carbocycles. The Morgan fingerprint density at radius 1 is 1.48 bits per heavy atom. The van der Waals surface area contributed by atoms with Crippen LogP contribution in [0.2, 0.25) is 0 Å². The molecule has 2 rings (SSSR count). The van der Waals surface area contributed by atoms with Crippen molar-refractivity contribution in [3.05, 3.63) is 41.2 Å².